The molecule has 0 amide bonds. The number of non-ortho nitro benzene ring substituents is 1. The number of hydrogen-bond acceptors (Lipinski definition) is 6. The molecular weight excluding hydrogens is 406 g/mol. The van der Waals surface area contributed by atoms with Gasteiger partial charge in [0.1, 0.15) is 6.61 Å². The minimum Gasteiger partial charge on any atom is -0.493 e. The highest BCUT2D eigenvalue weighted by molar-refractivity contribution is 5.51. The standard InChI is InChI=1S/C25H27N3O4/c1-31-25-17-21(7-12-24(25)32-19-20-5-3-2-4-6-20)18-26-13-15-27(16-14-26)22-8-10-23(11-9-22)28(29)30/h2-12,17H,13-16,18-19H2,1H3. The van der Waals surface area contributed by atoms with Gasteiger partial charge in [-0.25, -0.2) is 0 Å². The van der Waals surface area contributed by atoms with Gasteiger partial charge in [0.25, 0.3) is 5.69 Å². The van der Waals surface area contributed by atoms with Crippen molar-refractivity contribution in [2.24, 2.45) is 0 Å². The maximum Gasteiger partial charge on any atom is 0.269 e. The Hall–Kier alpha value is -3.58. The molecule has 0 radical (unpaired) electrons. The predicted octanol–water partition coefficient (Wildman–Crippen LogP) is 4.50. The number of piperazine rings is 1. The fraction of sp³-hybridized carbons (Fsp3) is 0.280. The Labute approximate surface area is 187 Å². The third kappa shape index (κ3) is 5.36. The summed E-state index contributed by atoms with van der Waals surface area (Å²) in [6.07, 6.45) is 0. The van der Waals surface area contributed by atoms with Crippen LogP contribution in [0.5, 0.6) is 11.5 Å². The molecular formula is C25H27N3O4. The lowest BCUT2D eigenvalue weighted by Gasteiger charge is -2.36. The van der Waals surface area contributed by atoms with Gasteiger partial charge in [-0.15, -0.1) is 0 Å². The highest BCUT2D eigenvalue weighted by Gasteiger charge is 2.19. The molecule has 0 unspecified atom stereocenters. The fourth-order valence-electron chi connectivity index (χ4n) is 3.87. The van der Waals surface area contributed by atoms with E-state index in [0.29, 0.717) is 6.61 Å². The van der Waals surface area contributed by atoms with Gasteiger partial charge >= 0.3 is 0 Å². The average molecular weight is 434 g/mol. The molecule has 7 nitrogen and oxygen atoms in total. The Morgan fingerprint density at radius 1 is 0.875 bits per heavy atom. The zero-order valence-electron chi connectivity index (χ0n) is 18.1. The third-order valence-electron chi connectivity index (χ3n) is 5.67. The van der Waals surface area contributed by atoms with E-state index in [1.165, 1.54) is 5.56 Å². The third-order valence-corrected chi connectivity index (χ3v) is 5.67. The van der Waals surface area contributed by atoms with Gasteiger partial charge < -0.3 is 14.4 Å². The molecule has 0 spiro atoms. The largest absolute Gasteiger partial charge is 0.493 e. The summed E-state index contributed by atoms with van der Waals surface area (Å²) in [5.74, 6) is 1.48. The van der Waals surface area contributed by atoms with Crippen LogP contribution in [0.3, 0.4) is 0 Å². The lowest BCUT2D eigenvalue weighted by Crippen LogP contribution is -2.45. The van der Waals surface area contributed by atoms with Crippen molar-refractivity contribution in [1.82, 2.24) is 4.90 Å². The quantitative estimate of drug-likeness (QED) is 0.385. The molecule has 1 aliphatic rings. The highest BCUT2D eigenvalue weighted by Crippen LogP contribution is 2.30. The summed E-state index contributed by atoms with van der Waals surface area (Å²) in [5, 5.41) is 10.8. The monoisotopic (exact) mass is 433 g/mol. The molecule has 3 aromatic rings. The lowest BCUT2D eigenvalue weighted by atomic mass is 10.1. The Morgan fingerprint density at radius 2 is 1.59 bits per heavy atom. The Kier molecular flexibility index (Phi) is 6.87. The molecule has 0 bridgehead atoms. The SMILES string of the molecule is COc1cc(CN2CCN(c3ccc([N+](=O)[O-])cc3)CC2)ccc1OCc1ccccc1. The highest BCUT2D eigenvalue weighted by atomic mass is 16.6. The first kappa shape index (κ1) is 21.6. The normalized spacial score (nSPS) is 14.2. The second-order valence-corrected chi connectivity index (χ2v) is 7.80. The molecule has 1 aliphatic heterocycles. The smallest absolute Gasteiger partial charge is 0.269 e. The molecule has 1 fully saturated rings. The number of anilines is 1. The molecule has 166 valence electrons. The van der Waals surface area contributed by atoms with Crippen LogP contribution in [0, 0.1) is 10.1 Å². The molecule has 0 aromatic heterocycles. The van der Waals surface area contributed by atoms with Gasteiger partial charge in [-0.1, -0.05) is 36.4 Å². The van der Waals surface area contributed by atoms with Gasteiger partial charge in [0, 0.05) is 50.5 Å². The van der Waals surface area contributed by atoms with E-state index < -0.39 is 0 Å². The molecule has 4 rings (SSSR count). The van der Waals surface area contributed by atoms with Crippen molar-refractivity contribution in [3.8, 4) is 11.5 Å². The van der Waals surface area contributed by atoms with Crippen molar-refractivity contribution in [2.45, 2.75) is 13.2 Å². The second-order valence-electron chi connectivity index (χ2n) is 7.80. The minimum atomic E-state index is -0.367. The van der Waals surface area contributed by atoms with Crippen LogP contribution in [-0.2, 0) is 13.2 Å². The lowest BCUT2D eigenvalue weighted by molar-refractivity contribution is -0.384. The molecule has 1 saturated heterocycles. The molecule has 3 aromatic carbocycles. The summed E-state index contributed by atoms with van der Waals surface area (Å²) >= 11 is 0. The molecule has 0 aliphatic carbocycles. The first-order valence-electron chi connectivity index (χ1n) is 10.7. The summed E-state index contributed by atoms with van der Waals surface area (Å²) in [6, 6.07) is 23.0. The summed E-state index contributed by atoms with van der Waals surface area (Å²) < 4.78 is 11.5. The Bertz CT molecular complexity index is 1030. The van der Waals surface area contributed by atoms with Crippen molar-refractivity contribution in [1.29, 1.82) is 0 Å². The van der Waals surface area contributed by atoms with E-state index in [4.69, 9.17) is 9.47 Å². The van der Waals surface area contributed by atoms with E-state index in [1.54, 1.807) is 19.2 Å². The van der Waals surface area contributed by atoms with Gasteiger partial charge in [-0.05, 0) is 35.4 Å². The van der Waals surface area contributed by atoms with E-state index in [0.717, 1.165) is 55.5 Å². The molecule has 32 heavy (non-hydrogen) atoms. The van der Waals surface area contributed by atoms with Crippen LogP contribution >= 0.6 is 0 Å². The number of benzene rings is 3. The maximum atomic E-state index is 10.8. The van der Waals surface area contributed by atoms with Crippen molar-refractivity contribution < 1.29 is 14.4 Å². The zero-order valence-corrected chi connectivity index (χ0v) is 18.1. The van der Waals surface area contributed by atoms with Crippen LogP contribution in [-0.4, -0.2) is 43.1 Å². The van der Waals surface area contributed by atoms with Crippen LogP contribution in [0.25, 0.3) is 0 Å². The number of rotatable bonds is 8. The zero-order chi connectivity index (χ0) is 22.3. The number of methoxy groups -OCH3 is 1. The first-order valence-corrected chi connectivity index (χ1v) is 10.7. The molecule has 1 heterocycles. The van der Waals surface area contributed by atoms with Crippen LogP contribution < -0.4 is 14.4 Å². The number of nitro benzene ring substituents is 1. The number of hydrogen-bond donors (Lipinski definition) is 0. The summed E-state index contributed by atoms with van der Waals surface area (Å²) in [4.78, 5) is 15.1. The number of ether oxygens (including phenoxy) is 2. The number of nitrogens with zero attached hydrogens (tertiary/aromatic N) is 3. The van der Waals surface area contributed by atoms with E-state index >= 15 is 0 Å². The second kappa shape index (κ2) is 10.2. The first-order chi connectivity index (χ1) is 15.6. The van der Waals surface area contributed by atoms with Gasteiger partial charge in [0.05, 0.1) is 12.0 Å². The van der Waals surface area contributed by atoms with Crippen LogP contribution in [0.1, 0.15) is 11.1 Å². The molecule has 0 N–H and O–H groups in total. The molecule has 0 saturated carbocycles. The van der Waals surface area contributed by atoms with Crippen molar-refractivity contribution in [3.63, 3.8) is 0 Å². The fourth-order valence-corrected chi connectivity index (χ4v) is 3.87. The average Bonchev–Trinajstić information content (AvgIpc) is 2.84. The van der Waals surface area contributed by atoms with Crippen LogP contribution in [0.15, 0.2) is 72.8 Å². The van der Waals surface area contributed by atoms with E-state index in [-0.39, 0.29) is 10.6 Å². The summed E-state index contributed by atoms with van der Waals surface area (Å²) in [5.41, 5.74) is 3.44. The van der Waals surface area contributed by atoms with Gasteiger partial charge in [0.2, 0.25) is 0 Å². The molecule has 7 heteroatoms. The van der Waals surface area contributed by atoms with Crippen molar-refractivity contribution in [3.05, 3.63) is 94.0 Å². The maximum absolute atomic E-state index is 10.8. The van der Waals surface area contributed by atoms with Crippen LogP contribution in [0.4, 0.5) is 11.4 Å². The number of nitro groups is 1. The Morgan fingerprint density at radius 3 is 2.25 bits per heavy atom. The van der Waals surface area contributed by atoms with E-state index in [1.807, 2.05) is 54.6 Å². The predicted molar refractivity (Wildman–Crippen MR) is 124 cm³/mol. The Balaban J connectivity index is 1.32. The summed E-state index contributed by atoms with van der Waals surface area (Å²) in [7, 11) is 1.66. The van der Waals surface area contributed by atoms with E-state index in [2.05, 4.69) is 15.9 Å². The topological polar surface area (TPSA) is 68.1 Å². The minimum absolute atomic E-state index is 0.123. The molecule has 0 atom stereocenters. The van der Waals surface area contributed by atoms with Gasteiger partial charge in [0.15, 0.2) is 11.5 Å². The van der Waals surface area contributed by atoms with E-state index in [9.17, 15) is 10.1 Å². The summed E-state index contributed by atoms with van der Waals surface area (Å²) in [6.45, 7) is 4.95. The van der Waals surface area contributed by atoms with Crippen LogP contribution in [0.2, 0.25) is 0 Å². The van der Waals surface area contributed by atoms with Gasteiger partial charge in [-0.2, -0.15) is 0 Å². The van der Waals surface area contributed by atoms with Gasteiger partial charge in [-0.3, -0.25) is 15.0 Å². The van der Waals surface area contributed by atoms with Crippen molar-refractivity contribution >= 4 is 11.4 Å². The van der Waals surface area contributed by atoms with Crippen molar-refractivity contribution in [2.75, 3.05) is 38.2 Å².